The first kappa shape index (κ1) is 15.5. The number of carbonyl (C=O) groups excluding carboxylic acids is 1. The van der Waals surface area contributed by atoms with Gasteiger partial charge in [0.25, 0.3) is 0 Å². The predicted octanol–water partition coefficient (Wildman–Crippen LogP) is 2.46. The summed E-state index contributed by atoms with van der Waals surface area (Å²) in [5, 5.41) is 0. The smallest absolute Gasteiger partial charge is 0.308 e. The molecule has 2 fully saturated rings. The van der Waals surface area contributed by atoms with Gasteiger partial charge in [-0.05, 0) is 0 Å². The SMILES string of the molecule is CC(C)C(=O)OC1CCOC2COC(c3ccccc3)OC21. The summed E-state index contributed by atoms with van der Waals surface area (Å²) in [7, 11) is 0. The van der Waals surface area contributed by atoms with Crippen molar-refractivity contribution in [3.05, 3.63) is 35.9 Å². The van der Waals surface area contributed by atoms with Crippen LogP contribution in [0.4, 0.5) is 0 Å². The zero-order valence-electron chi connectivity index (χ0n) is 12.9. The van der Waals surface area contributed by atoms with Crippen LogP contribution in [-0.4, -0.2) is 37.5 Å². The summed E-state index contributed by atoms with van der Waals surface area (Å²) in [6.07, 6.45) is -0.525. The molecule has 2 aliphatic rings. The van der Waals surface area contributed by atoms with Gasteiger partial charge in [0, 0.05) is 12.0 Å². The molecule has 0 radical (unpaired) electrons. The van der Waals surface area contributed by atoms with E-state index in [0.29, 0.717) is 19.6 Å². The lowest BCUT2D eigenvalue weighted by Crippen LogP contribution is -2.53. The van der Waals surface area contributed by atoms with Crippen molar-refractivity contribution in [2.24, 2.45) is 5.92 Å². The van der Waals surface area contributed by atoms with Gasteiger partial charge in [-0.2, -0.15) is 0 Å². The van der Waals surface area contributed by atoms with E-state index < -0.39 is 6.29 Å². The molecule has 1 aromatic rings. The average Bonchev–Trinajstić information content (AvgIpc) is 2.55. The average molecular weight is 306 g/mol. The number of hydrogen-bond acceptors (Lipinski definition) is 5. The first-order valence-electron chi connectivity index (χ1n) is 7.79. The Morgan fingerprint density at radius 2 is 2.00 bits per heavy atom. The highest BCUT2D eigenvalue weighted by Crippen LogP contribution is 2.33. The molecule has 0 saturated carbocycles. The molecule has 1 aromatic carbocycles. The Hall–Kier alpha value is -1.43. The summed E-state index contributed by atoms with van der Waals surface area (Å²) in [4.78, 5) is 11.9. The molecule has 4 unspecified atom stereocenters. The quantitative estimate of drug-likeness (QED) is 0.803. The Bertz CT molecular complexity index is 501. The van der Waals surface area contributed by atoms with Crippen LogP contribution in [0.2, 0.25) is 0 Å². The lowest BCUT2D eigenvalue weighted by atomic mass is 10.0. The Labute approximate surface area is 130 Å². The third-order valence-corrected chi connectivity index (χ3v) is 3.97. The van der Waals surface area contributed by atoms with Gasteiger partial charge in [-0.1, -0.05) is 44.2 Å². The normalized spacial score (nSPS) is 31.6. The number of ether oxygens (including phenoxy) is 4. The molecule has 5 nitrogen and oxygen atoms in total. The maximum atomic E-state index is 11.9. The van der Waals surface area contributed by atoms with Gasteiger partial charge in [0.1, 0.15) is 18.3 Å². The van der Waals surface area contributed by atoms with E-state index in [1.54, 1.807) is 0 Å². The first-order chi connectivity index (χ1) is 10.6. The largest absolute Gasteiger partial charge is 0.459 e. The molecule has 4 atom stereocenters. The topological polar surface area (TPSA) is 54.0 Å². The minimum Gasteiger partial charge on any atom is -0.459 e. The fourth-order valence-electron chi connectivity index (χ4n) is 2.71. The Kier molecular flexibility index (Phi) is 4.76. The van der Waals surface area contributed by atoms with Crippen LogP contribution in [0, 0.1) is 5.92 Å². The van der Waals surface area contributed by atoms with Gasteiger partial charge in [0.05, 0.1) is 19.1 Å². The zero-order valence-corrected chi connectivity index (χ0v) is 12.9. The first-order valence-corrected chi connectivity index (χ1v) is 7.79. The van der Waals surface area contributed by atoms with Gasteiger partial charge >= 0.3 is 5.97 Å². The molecule has 2 saturated heterocycles. The number of carbonyl (C=O) groups is 1. The number of benzene rings is 1. The molecule has 0 aliphatic carbocycles. The highest BCUT2D eigenvalue weighted by Gasteiger charge is 2.43. The van der Waals surface area contributed by atoms with Crippen molar-refractivity contribution in [1.82, 2.24) is 0 Å². The molecule has 0 aromatic heterocycles. The molecule has 0 amide bonds. The minimum atomic E-state index is -0.440. The van der Waals surface area contributed by atoms with Crippen molar-refractivity contribution in [2.45, 2.75) is 44.9 Å². The molecule has 3 rings (SSSR count). The molecular weight excluding hydrogens is 284 g/mol. The molecule has 0 bridgehead atoms. The van der Waals surface area contributed by atoms with Crippen LogP contribution in [0.15, 0.2) is 30.3 Å². The van der Waals surface area contributed by atoms with E-state index in [4.69, 9.17) is 18.9 Å². The lowest BCUT2D eigenvalue weighted by molar-refractivity contribution is -0.300. The van der Waals surface area contributed by atoms with E-state index in [-0.39, 0.29) is 30.2 Å². The van der Waals surface area contributed by atoms with E-state index in [0.717, 1.165) is 5.56 Å². The Balaban J connectivity index is 1.70. The summed E-state index contributed by atoms with van der Waals surface area (Å²) in [6, 6.07) is 9.77. The van der Waals surface area contributed by atoms with Crippen LogP contribution in [0.5, 0.6) is 0 Å². The van der Waals surface area contributed by atoms with Gasteiger partial charge in [-0.15, -0.1) is 0 Å². The Morgan fingerprint density at radius 3 is 2.73 bits per heavy atom. The summed E-state index contributed by atoms with van der Waals surface area (Å²) >= 11 is 0. The molecule has 0 spiro atoms. The molecular formula is C17H22O5. The standard InChI is InChI=1S/C17H22O5/c1-11(2)16(18)21-13-8-9-19-14-10-20-17(22-15(13)14)12-6-4-3-5-7-12/h3-7,11,13-15,17H,8-10H2,1-2H3. The third-order valence-electron chi connectivity index (χ3n) is 3.97. The molecule has 2 aliphatic heterocycles. The second-order valence-electron chi connectivity index (χ2n) is 6.00. The van der Waals surface area contributed by atoms with Crippen LogP contribution < -0.4 is 0 Å². The van der Waals surface area contributed by atoms with Crippen LogP contribution in [0.3, 0.4) is 0 Å². The van der Waals surface area contributed by atoms with E-state index >= 15 is 0 Å². The van der Waals surface area contributed by atoms with Gasteiger partial charge in [-0.25, -0.2) is 0 Å². The van der Waals surface area contributed by atoms with E-state index in [1.807, 2.05) is 44.2 Å². The van der Waals surface area contributed by atoms with Crippen molar-refractivity contribution in [1.29, 1.82) is 0 Å². The van der Waals surface area contributed by atoms with Gasteiger partial charge < -0.3 is 18.9 Å². The molecule has 22 heavy (non-hydrogen) atoms. The highest BCUT2D eigenvalue weighted by molar-refractivity contribution is 5.71. The maximum Gasteiger partial charge on any atom is 0.308 e. The summed E-state index contributed by atoms with van der Waals surface area (Å²) < 4.78 is 23.1. The fraction of sp³-hybridized carbons (Fsp3) is 0.588. The summed E-state index contributed by atoms with van der Waals surface area (Å²) in [5.74, 6) is -0.344. The predicted molar refractivity (Wildman–Crippen MR) is 79.1 cm³/mol. The van der Waals surface area contributed by atoms with Crippen molar-refractivity contribution in [2.75, 3.05) is 13.2 Å². The number of fused-ring (bicyclic) bond motifs is 1. The van der Waals surface area contributed by atoms with E-state index in [1.165, 1.54) is 0 Å². The number of esters is 1. The van der Waals surface area contributed by atoms with Crippen molar-refractivity contribution in [3.8, 4) is 0 Å². The maximum absolute atomic E-state index is 11.9. The molecule has 5 heteroatoms. The van der Waals surface area contributed by atoms with Crippen molar-refractivity contribution < 1.29 is 23.7 Å². The Morgan fingerprint density at radius 1 is 1.23 bits per heavy atom. The van der Waals surface area contributed by atoms with Crippen molar-refractivity contribution in [3.63, 3.8) is 0 Å². The third kappa shape index (κ3) is 3.32. The highest BCUT2D eigenvalue weighted by atomic mass is 16.7. The second kappa shape index (κ2) is 6.77. The van der Waals surface area contributed by atoms with Crippen LogP contribution in [0.1, 0.15) is 32.1 Å². The number of hydrogen-bond donors (Lipinski definition) is 0. The van der Waals surface area contributed by atoms with Crippen LogP contribution >= 0.6 is 0 Å². The molecule has 120 valence electrons. The summed E-state index contributed by atoms with van der Waals surface area (Å²) in [5.41, 5.74) is 0.959. The molecule has 2 heterocycles. The second-order valence-corrected chi connectivity index (χ2v) is 6.00. The van der Waals surface area contributed by atoms with Gasteiger partial charge in [0.2, 0.25) is 0 Å². The zero-order chi connectivity index (χ0) is 15.5. The minimum absolute atomic E-state index is 0.147. The van der Waals surface area contributed by atoms with Crippen LogP contribution in [0.25, 0.3) is 0 Å². The lowest BCUT2D eigenvalue weighted by Gasteiger charge is -2.43. The van der Waals surface area contributed by atoms with E-state index in [9.17, 15) is 4.79 Å². The number of rotatable bonds is 3. The van der Waals surface area contributed by atoms with Crippen molar-refractivity contribution >= 4 is 5.97 Å². The van der Waals surface area contributed by atoms with E-state index in [2.05, 4.69) is 0 Å². The van der Waals surface area contributed by atoms with Gasteiger partial charge in [-0.3, -0.25) is 4.79 Å². The summed E-state index contributed by atoms with van der Waals surface area (Å²) in [6.45, 7) is 4.66. The molecule has 0 N–H and O–H groups in total. The van der Waals surface area contributed by atoms with Crippen LogP contribution in [-0.2, 0) is 23.7 Å². The fourth-order valence-corrected chi connectivity index (χ4v) is 2.71. The van der Waals surface area contributed by atoms with Gasteiger partial charge in [0.15, 0.2) is 6.29 Å². The monoisotopic (exact) mass is 306 g/mol.